The number of amides is 1. The summed E-state index contributed by atoms with van der Waals surface area (Å²) in [5.74, 6) is -0.108. The van der Waals surface area contributed by atoms with E-state index in [9.17, 15) is 4.79 Å². The summed E-state index contributed by atoms with van der Waals surface area (Å²) in [6, 6.07) is 3.57. The Balaban J connectivity index is 2.48. The predicted octanol–water partition coefficient (Wildman–Crippen LogP) is 2.00. The fraction of sp³-hybridized carbons (Fsp3) is 0.455. The lowest BCUT2D eigenvalue weighted by Gasteiger charge is -2.12. The zero-order valence-electron chi connectivity index (χ0n) is 9.37. The number of carbonyl (C=O) groups is 1. The molecular weight excluding hydrogens is 272 g/mol. The van der Waals surface area contributed by atoms with Crippen LogP contribution in [0.15, 0.2) is 22.9 Å². The molecule has 0 saturated heterocycles. The molecule has 0 aliphatic carbocycles. The first-order valence-electron chi connectivity index (χ1n) is 5.05. The van der Waals surface area contributed by atoms with E-state index in [1.165, 1.54) is 0 Å². The summed E-state index contributed by atoms with van der Waals surface area (Å²) in [7, 11) is 1.65. The van der Waals surface area contributed by atoms with Crippen LogP contribution in [0.25, 0.3) is 0 Å². The third-order valence-electron chi connectivity index (χ3n) is 2.12. The van der Waals surface area contributed by atoms with Crippen LogP contribution in [0.3, 0.4) is 0 Å². The summed E-state index contributed by atoms with van der Waals surface area (Å²) in [5.41, 5.74) is 0.562. The number of halogens is 1. The third-order valence-corrected chi connectivity index (χ3v) is 2.59. The molecular formula is C11H15BrN2O2. The molecule has 1 aromatic heterocycles. The maximum Gasteiger partial charge on any atom is 0.253 e. The van der Waals surface area contributed by atoms with Crippen molar-refractivity contribution in [2.75, 3.05) is 13.7 Å². The topological polar surface area (TPSA) is 51.2 Å². The van der Waals surface area contributed by atoms with Crippen LogP contribution in [0, 0.1) is 0 Å². The number of aromatic nitrogens is 1. The normalized spacial score (nSPS) is 12.2. The molecule has 1 heterocycles. The van der Waals surface area contributed by atoms with Crippen molar-refractivity contribution in [3.05, 3.63) is 28.5 Å². The van der Waals surface area contributed by atoms with Gasteiger partial charge in [-0.25, -0.2) is 4.98 Å². The molecule has 4 nitrogen and oxygen atoms in total. The number of hydrogen-bond acceptors (Lipinski definition) is 3. The van der Waals surface area contributed by atoms with Crippen molar-refractivity contribution in [1.29, 1.82) is 0 Å². The minimum atomic E-state index is -0.108. The van der Waals surface area contributed by atoms with Gasteiger partial charge in [-0.2, -0.15) is 0 Å². The van der Waals surface area contributed by atoms with E-state index in [0.29, 0.717) is 12.2 Å². The van der Waals surface area contributed by atoms with Gasteiger partial charge in [0.2, 0.25) is 0 Å². The van der Waals surface area contributed by atoms with Crippen LogP contribution in [0.1, 0.15) is 23.7 Å². The molecule has 16 heavy (non-hydrogen) atoms. The highest BCUT2D eigenvalue weighted by Crippen LogP contribution is 2.06. The van der Waals surface area contributed by atoms with Gasteiger partial charge in [-0.15, -0.1) is 0 Å². The first-order valence-corrected chi connectivity index (χ1v) is 5.84. The van der Waals surface area contributed by atoms with Gasteiger partial charge >= 0.3 is 0 Å². The summed E-state index contributed by atoms with van der Waals surface area (Å²) in [4.78, 5) is 15.7. The SMILES string of the molecule is COCCC(C)NC(=O)c1ccc(Br)nc1. The molecule has 1 unspecified atom stereocenters. The Kier molecular flexibility index (Phi) is 5.42. The molecule has 0 aliphatic heterocycles. The van der Waals surface area contributed by atoms with Crippen molar-refractivity contribution < 1.29 is 9.53 Å². The highest BCUT2D eigenvalue weighted by Gasteiger charge is 2.09. The number of hydrogen-bond donors (Lipinski definition) is 1. The smallest absolute Gasteiger partial charge is 0.253 e. The van der Waals surface area contributed by atoms with E-state index in [-0.39, 0.29) is 11.9 Å². The summed E-state index contributed by atoms with van der Waals surface area (Å²) >= 11 is 3.22. The Morgan fingerprint density at radius 1 is 1.62 bits per heavy atom. The zero-order valence-corrected chi connectivity index (χ0v) is 11.0. The first-order chi connectivity index (χ1) is 7.63. The summed E-state index contributed by atoms with van der Waals surface area (Å²) in [6.07, 6.45) is 2.34. The number of nitrogens with one attached hydrogen (secondary N) is 1. The van der Waals surface area contributed by atoms with Crippen molar-refractivity contribution in [3.63, 3.8) is 0 Å². The highest BCUT2D eigenvalue weighted by atomic mass is 79.9. The standard InChI is InChI=1S/C11H15BrN2O2/c1-8(5-6-16-2)14-11(15)9-3-4-10(12)13-7-9/h3-4,7-8H,5-6H2,1-2H3,(H,14,15). The van der Waals surface area contributed by atoms with Crippen LogP contribution < -0.4 is 5.32 Å². The van der Waals surface area contributed by atoms with Crippen molar-refractivity contribution in [2.24, 2.45) is 0 Å². The second-order valence-electron chi connectivity index (χ2n) is 3.53. The number of nitrogens with zero attached hydrogens (tertiary/aromatic N) is 1. The Hall–Kier alpha value is -0.940. The summed E-state index contributed by atoms with van der Waals surface area (Å²) < 4.78 is 5.66. The van der Waals surface area contributed by atoms with Gasteiger partial charge in [-0.3, -0.25) is 4.79 Å². The zero-order chi connectivity index (χ0) is 12.0. The molecule has 1 amide bonds. The monoisotopic (exact) mass is 286 g/mol. The molecule has 1 aromatic rings. The second kappa shape index (κ2) is 6.60. The number of rotatable bonds is 5. The largest absolute Gasteiger partial charge is 0.385 e. The second-order valence-corrected chi connectivity index (χ2v) is 4.34. The maximum absolute atomic E-state index is 11.7. The molecule has 5 heteroatoms. The lowest BCUT2D eigenvalue weighted by molar-refractivity contribution is 0.0929. The molecule has 0 saturated carbocycles. The summed E-state index contributed by atoms with van der Waals surface area (Å²) in [5, 5.41) is 2.88. The molecule has 0 aliphatic rings. The van der Waals surface area contributed by atoms with Crippen LogP contribution in [0.5, 0.6) is 0 Å². The Bertz CT molecular complexity index is 340. The fourth-order valence-electron chi connectivity index (χ4n) is 1.18. The molecule has 0 spiro atoms. The van der Waals surface area contributed by atoms with Crippen molar-refractivity contribution in [1.82, 2.24) is 10.3 Å². The van der Waals surface area contributed by atoms with Crippen molar-refractivity contribution in [2.45, 2.75) is 19.4 Å². The molecule has 1 N–H and O–H groups in total. The van der Waals surface area contributed by atoms with Crippen molar-refractivity contribution >= 4 is 21.8 Å². The van der Waals surface area contributed by atoms with E-state index in [0.717, 1.165) is 11.0 Å². The van der Waals surface area contributed by atoms with E-state index in [4.69, 9.17) is 4.74 Å². The average molecular weight is 287 g/mol. The number of ether oxygens (including phenoxy) is 1. The van der Waals surface area contributed by atoms with Crippen molar-refractivity contribution in [3.8, 4) is 0 Å². The van der Waals surface area contributed by atoms with Gasteiger partial charge in [0.1, 0.15) is 4.60 Å². The third kappa shape index (κ3) is 4.28. The minimum Gasteiger partial charge on any atom is -0.385 e. The number of pyridine rings is 1. The predicted molar refractivity (Wildman–Crippen MR) is 65.4 cm³/mol. The first kappa shape index (κ1) is 13.1. The van der Waals surface area contributed by atoms with Gasteiger partial charge in [-0.05, 0) is 41.4 Å². The van der Waals surface area contributed by atoms with Gasteiger partial charge in [-0.1, -0.05) is 0 Å². The van der Waals surface area contributed by atoms with E-state index in [1.807, 2.05) is 6.92 Å². The quantitative estimate of drug-likeness (QED) is 0.843. The van der Waals surface area contributed by atoms with E-state index in [2.05, 4.69) is 26.2 Å². The molecule has 0 radical (unpaired) electrons. The molecule has 88 valence electrons. The molecule has 0 aromatic carbocycles. The molecule has 1 atom stereocenters. The number of carbonyl (C=O) groups excluding carboxylic acids is 1. The van der Waals surface area contributed by atoms with Gasteiger partial charge in [0.15, 0.2) is 0 Å². The molecule has 0 bridgehead atoms. The van der Waals surface area contributed by atoms with Gasteiger partial charge in [0.25, 0.3) is 5.91 Å². The Morgan fingerprint density at radius 3 is 2.94 bits per heavy atom. The van der Waals surface area contributed by atoms with Crippen LogP contribution >= 0.6 is 15.9 Å². The van der Waals surface area contributed by atoms with E-state index < -0.39 is 0 Å². The van der Waals surface area contributed by atoms with Gasteiger partial charge in [0, 0.05) is 26.0 Å². The summed E-state index contributed by atoms with van der Waals surface area (Å²) in [6.45, 7) is 2.59. The fourth-order valence-corrected chi connectivity index (χ4v) is 1.42. The van der Waals surface area contributed by atoms with Crippen LogP contribution in [0.2, 0.25) is 0 Å². The lowest BCUT2D eigenvalue weighted by atomic mass is 10.2. The lowest BCUT2D eigenvalue weighted by Crippen LogP contribution is -2.33. The molecule has 1 rings (SSSR count). The van der Waals surface area contributed by atoms with Gasteiger partial charge < -0.3 is 10.1 Å². The van der Waals surface area contributed by atoms with Crippen LogP contribution in [0.4, 0.5) is 0 Å². The highest BCUT2D eigenvalue weighted by molar-refractivity contribution is 9.10. The van der Waals surface area contributed by atoms with Crippen LogP contribution in [-0.4, -0.2) is 30.6 Å². The van der Waals surface area contributed by atoms with Gasteiger partial charge in [0.05, 0.1) is 5.56 Å². The van der Waals surface area contributed by atoms with E-state index in [1.54, 1.807) is 25.4 Å². The average Bonchev–Trinajstić information content (AvgIpc) is 2.27. The minimum absolute atomic E-state index is 0.0936. The maximum atomic E-state index is 11.7. The number of methoxy groups -OCH3 is 1. The molecule has 0 fully saturated rings. The Labute approximate surface area is 104 Å². The Morgan fingerprint density at radius 2 is 2.38 bits per heavy atom. The van der Waals surface area contributed by atoms with E-state index >= 15 is 0 Å². The van der Waals surface area contributed by atoms with Crippen LogP contribution in [-0.2, 0) is 4.74 Å².